The van der Waals surface area contributed by atoms with Crippen LogP contribution in [0.3, 0.4) is 0 Å². The van der Waals surface area contributed by atoms with Gasteiger partial charge in [0.1, 0.15) is 5.75 Å². The quantitative estimate of drug-likeness (QED) is 0.0700. The van der Waals surface area contributed by atoms with Crippen LogP contribution in [0.15, 0.2) is 85.3 Å². The fourth-order valence-electron chi connectivity index (χ4n) is 4.36. The van der Waals surface area contributed by atoms with Crippen molar-refractivity contribution in [3.63, 3.8) is 0 Å². The number of pyridine rings is 2. The van der Waals surface area contributed by atoms with Gasteiger partial charge in [0.15, 0.2) is 11.5 Å². The molecule has 224 valence electrons. The number of nitro benzene ring substituents is 1. The molecule has 0 aliphatic rings. The van der Waals surface area contributed by atoms with Crippen molar-refractivity contribution in [3.05, 3.63) is 112 Å². The number of hydrogen-bond donors (Lipinski definition) is 0. The molecular weight excluding hydrogens is 578 g/mol. The SMILES string of the molecule is CCOC(=O)C(c1ccncc1)C(c1ccc(Oc2cccc([N+](=O)[O-])c2)nc1)c1ccc(OC(F)F)c(OC(F)F)c1. The highest BCUT2D eigenvalue weighted by Crippen LogP contribution is 2.43. The molecule has 0 N–H and O–H groups in total. The zero-order valence-corrected chi connectivity index (χ0v) is 22.3. The third-order valence-electron chi connectivity index (χ3n) is 6.07. The highest BCUT2D eigenvalue weighted by Gasteiger charge is 2.35. The maximum Gasteiger partial charge on any atom is 0.387 e. The van der Waals surface area contributed by atoms with Gasteiger partial charge in [0, 0.05) is 36.6 Å². The van der Waals surface area contributed by atoms with Crippen molar-refractivity contribution in [1.29, 1.82) is 0 Å². The Hall–Kier alpha value is -5.27. The lowest BCUT2D eigenvalue weighted by Gasteiger charge is -2.27. The molecule has 0 saturated heterocycles. The van der Waals surface area contributed by atoms with Crippen LogP contribution in [-0.4, -0.2) is 40.7 Å². The van der Waals surface area contributed by atoms with Gasteiger partial charge in [-0.15, -0.1) is 0 Å². The minimum atomic E-state index is -3.36. The van der Waals surface area contributed by atoms with E-state index in [2.05, 4.69) is 19.4 Å². The fraction of sp³-hybridized carbons (Fsp3) is 0.207. The summed E-state index contributed by atoms with van der Waals surface area (Å²) in [5, 5.41) is 11.1. The highest BCUT2D eigenvalue weighted by molar-refractivity contribution is 5.80. The van der Waals surface area contributed by atoms with Gasteiger partial charge in [0.25, 0.3) is 5.69 Å². The van der Waals surface area contributed by atoms with Gasteiger partial charge in [0.2, 0.25) is 5.88 Å². The van der Waals surface area contributed by atoms with Crippen LogP contribution in [0.1, 0.15) is 35.4 Å². The summed E-state index contributed by atoms with van der Waals surface area (Å²) in [5.41, 5.74) is 0.859. The summed E-state index contributed by atoms with van der Waals surface area (Å²) in [6, 6.07) is 15.1. The maximum absolute atomic E-state index is 13.4. The largest absolute Gasteiger partial charge is 0.465 e. The Morgan fingerprint density at radius 1 is 0.884 bits per heavy atom. The number of nitrogens with zero attached hydrogens (tertiary/aromatic N) is 3. The molecule has 14 heteroatoms. The molecule has 4 aromatic rings. The van der Waals surface area contributed by atoms with Crippen molar-refractivity contribution in [2.75, 3.05) is 6.61 Å². The van der Waals surface area contributed by atoms with Crippen molar-refractivity contribution >= 4 is 11.7 Å². The number of aromatic nitrogens is 2. The van der Waals surface area contributed by atoms with E-state index in [0.29, 0.717) is 11.1 Å². The normalized spacial score (nSPS) is 12.4. The molecule has 2 aromatic heterocycles. The monoisotopic (exact) mass is 601 g/mol. The predicted molar refractivity (Wildman–Crippen MR) is 143 cm³/mol. The summed E-state index contributed by atoms with van der Waals surface area (Å²) < 4.78 is 72.2. The van der Waals surface area contributed by atoms with E-state index in [0.717, 1.165) is 12.1 Å². The van der Waals surface area contributed by atoms with Gasteiger partial charge in [-0.3, -0.25) is 19.9 Å². The van der Waals surface area contributed by atoms with E-state index in [4.69, 9.17) is 9.47 Å². The Balaban J connectivity index is 1.81. The Bertz CT molecular complexity index is 1540. The van der Waals surface area contributed by atoms with E-state index < -0.39 is 47.5 Å². The van der Waals surface area contributed by atoms with Crippen LogP contribution in [0.5, 0.6) is 23.1 Å². The minimum Gasteiger partial charge on any atom is -0.465 e. The number of ether oxygens (including phenoxy) is 4. The lowest BCUT2D eigenvalue weighted by molar-refractivity contribution is -0.384. The Morgan fingerprint density at radius 2 is 1.58 bits per heavy atom. The molecule has 2 aromatic carbocycles. The molecule has 0 aliphatic heterocycles. The van der Waals surface area contributed by atoms with Crippen LogP contribution < -0.4 is 14.2 Å². The van der Waals surface area contributed by atoms with E-state index in [9.17, 15) is 32.5 Å². The first-order chi connectivity index (χ1) is 20.7. The summed E-state index contributed by atoms with van der Waals surface area (Å²) in [7, 11) is 0. The predicted octanol–water partition coefficient (Wildman–Crippen LogP) is 6.86. The molecule has 2 heterocycles. The van der Waals surface area contributed by atoms with Gasteiger partial charge in [-0.25, -0.2) is 4.98 Å². The number of esters is 1. The Morgan fingerprint density at radius 3 is 2.21 bits per heavy atom. The first-order valence-electron chi connectivity index (χ1n) is 12.6. The lowest BCUT2D eigenvalue weighted by Crippen LogP contribution is -2.24. The van der Waals surface area contributed by atoms with Crippen molar-refractivity contribution in [1.82, 2.24) is 9.97 Å². The third kappa shape index (κ3) is 7.93. The highest BCUT2D eigenvalue weighted by atomic mass is 19.3. The van der Waals surface area contributed by atoms with E-state index in [1.165, 1.54) is 55.0 Å². The smallest absolute Gasteiger partial charge is 0.387 e. The number of halogens is 4. The number of carbonyl (C=O) groups is 1. The average molecular weight is 602 g/mol. The zero-order valence-electron chi connectivity index (χ0n) is 22.3. The second-order valence-corrected chi connectivity index (χ2v) is 8.74. The van der Waals surface area contributed by atoms with Crippen LogP contribution in [0.4, 0.5) is 23.2 Å². The lowest BCUT2D eigenvalue weighted by atomic mass is 9.77. The molecule has 0 radical (unpaired) electrons. The van der Waals surface area contributed by atoms with Gasteiger partial charge < -0.3 is 18.9 Å². The first kappa shape index (κ1) is 30.7. The van der Waals surface area contributed by atoms with Crippen LogP contribution in [-0.2, 0) is 9.53 Å². The van der Waals surface area contributed by atoms with Gasteiger partial charge in [-0.2, -0.15) is 17.6 Å². The molecule has 0 spiro atoms. The van der Waals surface area contributed by atoms with Crippen molar-refractivity contribution in [2.24, 2.45) is 0 Å². The number of nitro groups is 1. The van der Waals surface area contributed by atoms with Crippen LogP contribution in [0.25, 0.3) is 0 Å². The molecule has 0 aliphatic carbocycles. The molecule has 0 saturated carbocycles. The molecule has 2 atom stereocenters. The second kappa shape index (κ2) is 14.1. The summed E-state index contributed by atoms with van der Waals surface area (Å²) in [4.78, 5) is 32.2. The van der Waals surface area contributed by atoms with Gasteiger partial charge in [-0.1, -0.05) is 18.2 Å². The number of hydrogen-bond acceptors (Lipinski definition) is 9. The van der Waals surface area contributed by atoms with Crippen LogP contribution in [0.2, 0.25) is 0 Å². The molecule has 0 amide bonds. The molecule has 0 bridgehead atoms. The standard InChI is InChI=1S/C29H23F4N3O7/c1-2-40-27(37)26(17-10-12-34-13-11-17)25(18-6-8-22(42-28(30)31)23(14-18)43-29(32)33)19-7-9-24(35-16-19)41-21-5-3-4-20(15-21)36(38)39/h3-16,25-26,28-29H,2H2,1H3. The minimum absolute atomic E-state index is 0.0300. The first-order valence-corrected chi connectivity index (χ1v) is 12.6. The summed E-state index contributed by atoms with van der Waals surface area (Å²) in [6.45, 7) is -5.03. The zero-order chi connectivity index (χ0) is 30.9. The van der Waals surface area contributed by atoms with Crippen molar-refractivity contribution < 1.29 is 46.2 Å². The molecule has 2 unspecified atom stereocenters. The van der Waals surface area contributed by atoms with Gasteiger partial charge >= 0.3 is 19.2 Å². The maximum atomic E-state index is 13.4. The molecule has 10 nitrogen and oxygen atoms in total. The molecular formula is C29H23F4N3O7. The Labute approximate surface area is 242 Å². The van der Waals surface area contributed by atoms with Gasteiger partial charge in [-0.05, 0) is 53.9 Å². The number of rotatable bonds is 13. The van der Waals surface area contributed by atoms with Crippen LogP contribution >= 0.6 is 0 Å². The summed E-state index contributed by atoms with van der Waals surface area (Å²) in [6.07, 6.45) is 4.28. The van der Waals surface area contributed by atoms with E-state index >= 15 is 0 Å². The average Bonchev–Trinajstić information content (AvgIpc) is 2.97. The summed E-state index contributed by atoms with van der Waals surface area (Å²) >= 11 is 0. The molecule has 4 rings (SSSR count). The van der Waals surface area contributed by atoms with Crippen molar-refractivity contribution in [2.45, 2.75) is 32.0 Å². The van der Waals surface area contributed by atoms with E-state index in [-0.39, 0.29) is 29.5 Å². The van der Waals surface area contributed by atoms with Crippen LogP contribution in [0, 0.1) is 10.1 Å². The number of carbonyl (C=O) groups excluding carboxylic acids is 1. The molecule has 0 fully saturated rings. The summed E-state index contributed by atoms with van der Waals surface area (Å²) in [5.74, 6) is -3.81. The van der Waals surface area contributed by atoms with E-state index in [1.54, 1.807) is 25.1 Å². The van der Waals surface area contributed by atoms with Crippen molar-refractivity contribution in [3.8, 4) is 23.1 Å². The van der Waals surface area contributed by atoms with Gasteiger partial charge in [0.05, 0.1) is 23.5 Å². The number of non-ortho nitro benzene ring substituents is 1. The molecule has 43 heavy (non-hydrogen) atoms. The fourth-order valence-corrected chi connectivity index (χ4v) is 4.36. The Kier molecular flexibility index (Phi) is 10.0. The third-order valence-corrected chi connectivity index (χ3v) is 6.07. The topological polar surface area (TPSA) is 123 Å². The number of alkyl halides is 4. The number of benzene rings is 2. The van der Waals surface area contributed by atoms with E-state index in [1.807, 2.05) is 0 Å². The second-order valence-electron chi connectivity index (χ2n) is 8.74.